The number of para-hydroxylation sites is 1. The molecule has 0 spiro atoms. The van der Waals surface area contributed by atoms with Crippen LogP contribution < -0.4 is 14.4 Å². The first-order valence-corrected chi connectivity index (χ1v) is 14.6. The average Bonchev–Trinajstić information content (AvgIpc) is 3.40. The number of aromatic carboxylic acids is 1. The van der Waals surface area contributed by atoms with Crippen molar-refractivity contribution in [3.05, 3.63) is 114 Å². The standard InChI is InChI=1S/C31H24F4N2O6S/c32-24-17-22(30(39)40)10-12-27(24)43-15-14-36-29(38)26-18-21-8-4-5-9-25(21)37(26)44(41,42)28-13-11-20(16-23(28)31(33,34)35)19-6-2-1-3-7-19/h1-13,16-17,26H,14-15,18H2,(H,36,38)(H,39,40)/t26-/m0/s1. The van der Waals surface area contributed by atoms with Gasteiger partial charge in [0, 0.05) is 6.42 Å². The zero-order chi connectivity index (χ0) is 31.6. The number of hydrogen-bond acceptors (Lipinski definition) is 5. The number of halogens is 4. The van der Waals surface area contributed by atoms with Gasteiger partial charge < -0.3 is 15.2 Å². The zero-order valence-corrected chi connectivity index (χ0v) is 23.5. The minimum Gasteiger partial charge on any atom is -0.489 e. The van der Waals surface area contributed by atoms with Crippen LogP contribution in [0, 0.1) is 5.82 Å². The molecule has 5 rings (SSSR count). The van der Waals surface area contributed by atoms with E-state index in [9.17, 15) is 35.6 Å². The van der Waals surface area contributed by atoms with Crippen LogP contribution in [0.25, 0.3) is 11.1 Å². The summed E-state index contributed by atoms with van der Waals surface area (Å²) in [5.74, 6) is -3.32. The van der Waals surface area contributed by atoms with Crippen LogP contribution in [0.1, 0.15) is 21.5 Å². The third kappa shape index (κ3) is 6.09. The molecule has 228 valence electrons. The molecule has 0 aliphatic carbocycles. The Morgan fingerprint density at radius 2 is 1.64 bits per heavy atom. The number of carbonyl (C=O) groups excluding carboxylic acids is 1. The summed E-state index contributed by atoms with van der Waals surface area (Å²) < 4.78 is 91.1. The molecule has 0 aromatic heterocycles. The molecule has 8 nitrogen and oxygen atoms in total. The molecule has 0 fully saturated rings. The third-order valence-electron chi connectivity index (χ3n) is 6.99. The van der Waals surface area contributed by atoms with Crippen LogP contribution >= 0.6 is 0 Å². The van der Waals surface area contributed by atoms with Crippen LogP contribution in [0.4, 0.5) is 23.2 Å². The predicted molar refractivity (Wildman–Crippen MR) is 152 cm³/mol. The van der Waals surface area contributed by atoms with Gasteiger partial charge in [-0.05, 0) is 53.1 Å². The molecule has 1 amide bonds. The summed E-state index contributed by atoms with van der Waals surface area (Å²) in [4.78, 5) is 23.3. The van der Waals surface area contributed by atoms with E-state index >= 15 is 0 Å². The molecule has 1 aliphatic heterocycles. The summed E-state index contributed by atoms with van der Waals surface area (Å²) in [6.45, 7) is -0.472. The van der Waals surface area contributed by atoms with E-state index in [2.05, 4.69) is 5.32 Å². The monoisotopic (exact) mass is 628 g/mol. The number of amides is 1. The van der Waals surface area contributed by atoms with Gasteiger partial charge in [-0.2, -0.15) is 13.2 Å². The van der Waals surface area contributed by atoms with Gasteiger partial charge in [-0.15, -0.1) is 0 Å². The summed E-state index contributed by atoms with van der Waals surface area (Å²) >= 11 is 0. The Morgan fingerprint density at radius 3 is 2.32 bits per heavy atom. The highest BCUT2D eigenvalue weighted by Gasteiger charge is 2.46. The Hall–Kier alpha value is -4.91. The fourth-order valence-corrected chi connectivity index (χ4v) is 6.80. The maximum atomic E-state index is 14.3. The minimum absolute atomic E-state index is 0.0738. The number of ether oxygens (including phenoxy) is 1. The van der Waals surface area contributed by atoms with Crippen molar-refractivity contribution >= 4 is 27.6 Å². The summed E-state index contributed by atoms with van der Waals surface area (Å²) in [5.41, 5.74) is -0.500. The largest absolute Gasteiger partial charge is 0.489 e. The van der Waals surface area contributed by atoms with Crippen molar-refractivity contribution in [1.29, 1.82) is 0 Å². The zero-order valence-electron chi connectivity index (χ0n) is 22.7. The Labute approximate surface area is 249 Å². The molecule has 0 radical (unpaired) electrons. The molecule has 0 saturated heterocycles. The molecule has 1 heterocycles. The second-order valence-electron chi connectivity index (χ2n) is 9.81. The van der Waals surface area contributed by atoms with Crippen molar-refractivity contribution in [3.63, 3.8) is 0 Å². The lowest BCUT2D eigenvalue weighted by atomic mass is 10.0. The molecule has 0 unspecified atom stereocenters. The molecule has 2 N–H and O–H groups in total. The fourth-order valence-electron chi connectivity index (χ4n) is 4.95. The van der Waals surface area contributed by atoms with E-state index in [1.807, 2.05) is 0 Å². The second-order valence-corrected chi connectivity index (χ2v) is 11.6. The van der Waals surface area contributed by atoms with Crippen LogP contribution in [0.5, 0.6) is 5.75 Å². The number of fused-ring (bicyclic) bond motifs is 1. The van der Waals surface area contributed by atoms with Gasteiger partial charge in [-0.1, -0.05) is 54.6 Å². The first-order chi connectivity index (χ1) is 20.9. The smallest absolute Gasteiger partial charge is 0.417 e. The highest BCUT2D eigenvalue weighted by molar-refractivity contribution is 7.93. The van der Waals surface area contributed by atoms with Crippen molar-refractivity contribution in [2.45, 2.75) is 23.5 Å². The van der Waals surface area contributed by atoms with Crippen molar-refractivity contribution in [2.24, 2.45) is 0 Å². The molecule has 44 heavy (non-hydrogen) atoms. The number of hydrogen-bond donors (Lipinski definition) is 2. The number of anilines is 1. The van der Waals surface area contributed by atoms with Gasteiger partial charge in [0.15, 0.2) is 11.6 Å². The van der Waals surface area contributed by atoms with E-state index in [1.165, 1.54) is 18.2 Å². The molecule has 0 bridgehead atoms. The third-order valence-corrected chi connectivity index (χ3v) is 8.88. The highest BCUT2D eigenvalue weighted by atomic mass is 32.2. The Balaban J connectivity index is 1.41. The summed E-state index contributed by atoms with van der Waals surface area (Å²) in [6, 6.07) is 18.9. The Morgan fingerprint density at radius 1 is 0.932 bits per heavy atom. The number of alkyl halides is 3. The number of nitrogens with zero attached hydrogens (tertiary/aromatic N) is 1. The fraction of sp³-hybridized carbons (Fsp3) is 0.161. The quantitative estimate of drug-likeness (QED) is 0.186. The molecule has 1 aliphatic rings. The number of benzene rings is 4. The van der Waals surface area contributed by atoms with E-state index in [1.54, 1.807) is 42.5 Å². The number of rotatable bonds is 9. The molecule has 0 saturated carbocycles. The molecule has 4 aromatic rings. The van der Waals surface area contributed by atoms with Crippen molar-refractivity contribution < 1.29 is 45.4 Å². The van der Waals surface area contributed by atoms with E-state index in [-0.39, 0.29) is 42.1 Å². The van der Waals surface area contributed by atoms with Gasteiger partial charge in [-0.25, -0.2) is 17.6 Å². The van der Waals surface area contributed by atoms with Gasteiger partial charge in [-0.3, -0.25) is 9.10 Å². The second kappa shape index (κ2) is 12.0. The average molecular weight is 629 g/mol. The summed E-state index contributed by atoms with van der Waals surface area (Å²) in [6.07, 6.45) is -5.13. The maximum absolute atomic E-state index is 14.3. The molecular weight excluding hydrogens is 604 g/mol. The number of nitrogens with one attached hydrogen (secondary N) is 1. The van der Waals surface area contributed by atoms with Crippen molar-refractivity contribution in [1.82, 2.24) is 5.32 Å². The van der Waals surface area contributed by atoms with Crippen molar-refractivity contribution in [3.8, 4) is 16.9 Å². The summed E-state index contributed by atoms with van der Waals surface area (Å²) in [5, 5.41) is 11.5. The van der Waals surface area contributed by atoms with Crippen LogP contribution in [0.15, 0.2) is 95.9 Å². The lowest BCUT2D eigenvalue weighted by molar-refractivity contribution is -0.139. The van der Waals surface area contributed by atoms with Gasteiger partial charge in [0.25, 0.3) is 10.0 Å². The maximum Gasteiger partial charge on any atom is 0.417 e. The van der Waals surface area contributed by atoms with Crippen LogP contribution in [-0.4, -0.2) is 44.6 Å². The van der Waals surface area contributed by atoms with Crippen LogP contribution in [0.3, 0.4) is 0 Å². The number of carbonyl (C=O) groups is 2. The molecule has 1 atom stereocenters. The summed E-state index contributed by atoms with van der Waals surface area (Å²) in [7, 11) is -4.93. The topological polar surface area (TPSA) is 113 Å². The molecular formula is C31H24F4N2O6S. The molecule has 13 heteroatoms. The van der Waals surface area contributed by atoms with Gasteiger partial charge in [0.1, 0.15) is 12.6 Å². The van der Waals surface area contributed by atoms with Gasteiger partial charge in [0.2, 0.25) is 5.91 Å². The Kier molecular flexibility index (Phi) is 8.33. The van der Waals surface area contributed by atoms with Crippen molar-refractivity contribution in [2.75, 3.05) is 17.5 Å². The SMILES string of the molecule is O=C(O)c1ccc(OCCNC(=O)[C@@H]2Cc3ccccc3N2S(=O)(=O)c2ccc(-c3ccccc3)cc2C(F)(F)F)c(F)c1. The number of carboxylic acids is 1. The minimum atomic E-state index is -5.03. The molecule has 4 aromatic carbocycles. The predicted octanol–water partition coefficient (Wildman–Crippen LogP) is 5.52. The van der Waals surface area contributed by atoms with E-state index < -0.39 is 50.4 Å². The van der Waals surface area contributed by atoms with E-state index in [0.29, 0.717) is 15.4 Å². The number of sulfonamides is 1. The van der Waals surface area contributed by atoms with E-state index in [0.717, 1.165) is 30.3 Å². The number of carboxylic acid groups (broad SMARTS) is 1. The Bertz CT molecular complexity index is 1830. The van der Waals surface area contributed by atoms with Crippen LogP contribution in [-0.2, 0) is 27.4 Å². The first kappa shape index (κ1) is 30.5. The first-order valence-electron chi connectivity index (χ1n) is 13.2. The van der Waals surface area contributed by atoms with E-state index in [4.69, 9.17) is 9.84 Å². The van der Waals surface area contributed by atoms with Gasteiger partial charge in [0.05, 0.1) is 28.3 Å². The lowest BCUT2D eigenvalue weighted by Gasteiger charge is -2.28. The van der Waals surface area contributed by atoms with Crippen LogP contribution in [0.2, 0.25) is 0 Å². The normalized spacial score (nSPS) is 14.6. The van der Waals surface area contributed by atoms with Gasteiger partial charge >= 0.3 is 12.1 Å². The highest BCUT2D eigenvalue weighted by Crippen LogP contribution is 2.42. The lowest BCUT2D eigenvalue weighted by Crippen LogP contribution is -2.49.